The molecule has 3 aromatic rings. The Bertz CT molecular complexity index is 1250. The fourth-order valence-electron chi connectivity index (χ4n) is 6.14. The van der Waals surface area contributed by atoms with Crippen LogP contribution in [0.4, 0.5) is 5.69 Å². The van der Waals surface area contributed by atoms with Gasteiger partial charge in [-0.3, -0.25) is 4.68 Å². The van der Waals surface area contributed by atoms with Crippen molar-refractivity contribution in [2.24, 2.45) is 13.0 Å². The van der Waals surface area contributed by atoms with E-state index in [1.807, 2.05) is 11.7 Å². The maximum absolute atomic E-state index is 5.56. The van der Waals surface area contributed by atoms with Crippen LogP contribution in [0.3, 0.4) is 0 Å². The molecule has 0 spiro atoms. The van der Waals surface area contributed by atoms with Crippen molar-refractivity contribution in [2.45, 2.75) is 45.3 Å². The van der Waals surface area contributed by atoms with E-state index in [0.717, 1.165) is 56.6 Å². The van der Waals surface area contributed by atoms with Crippen LogP contribution in [0.15, 0.2) is 48.7 Å². The zero-order valence-corrected chi connectivity index (χ0v) is 22.8. The van der Waals surface area contributed by atoms with Gasteiger partial charge in [-0.05, 0) is 91.1 Å². The number of rotatable bonds is 7. The predicted molar refractivity (Wildman–Crippen MR) is 149 cm³/mol. The van der Waals surface area contributed by atoms with Crippen LogP contribution in [0, 0.1) is 12.8 Å². The summed E-state index contributed by atoms with van der Waals surface area (Å²) in [5.74, 6) is 1.36. The third-order valence-electron chi connectivity index (χ3n) is 8.01. The molecule has 0 atom stereocenters. The first-order valence-corrected chi connectivity index (χ1v) is 13.3. The van der Waals surface area contributed by atoms with Gasteiger partial charge in [0.2, 0.25) is 0 Å². The van der Waals surface area contributed by atoms with Crippen molar-refractivity contribution in [3.63, 3.8) is 0 Å². The highest BCUT2D eigenvalue weighted by molar-refractivity contribution is 6.00. The van der Waals surface area contributed by atoms with Gasteiger partial charge in [-0.2, -0.15) is 5.10 Å². The van der Waals surface area contributed by atoms with E-state index in [1.165, 1.54) is 39.1 Å². The van der Waals surface area contributed by atoms with Crippen molar-refractivity contribution in [1.29, 1.82) is 0 Å². The van der Waals surface area contributed by atoms with Gasteiger partial charge in [0.25, 0.3) is 0 Å². The Morgan fingerprint density at radius 1 is 0.919 bits per heavy atom. The number of piperidine rings is 1. The van der Waals surface area contributed by atoms with Gasteiger partial charge in [0.15, 0.2) is 6.29 Å². The number of aromatic nitrogens is 2. The predicted octanol–water partition coefficient (Wildman–Crippen LogP) is 5.87. The van der Waals surface area contributed by atoms with E-state index in [0.29, 0.717) is 5.92 Å². The van der Waals surface area contributed by atoms with Gasteiger partial charge in [-0.1, -0.05) is 18.2 Å². The number of hydrogen-bond donors (Lipinski definition) is 0. The number of aryl methyl sites for hydroxylation is 3. The first kappa shape index (κ1) is 25.6. The molecule has 1 fully saturated rings. The van der Waals surface area contributed by atoms with Crippen LogP contribution in [0.1, 0.15) is 53.6 Å². The standard InChI is InChI=1S/C31H39N3O3/c1-21-29(20-33(2)32-21)28-8-6-7-24-19-26(35-3)13-14-27(24)30(28)22-9-11-25(12-10-22)34-17-15-23(16-18-34)31(36-4)37-5/h9-14,19-20,23,31H,6-8,15-18H2,1-5H3. The second kappa shape index (κ2) is 11.1. The fourth-order valence-corrected chi connectivity index (χ4v) is 6.14. The zero-order chi connectivity index (χ0) is 25.9. The molecule has 37 heavy (non-hydrogen) atoms. The van der Waals surface area contributed by atoms with E-state index in [1.54, 1.807) is 21.3 Å². The number of benzene rings is 2. The van der Waals surface area contributed by atoms with Gasteiger partial charge in [0, 0.05) is 57.7 Å². The summed E-state index contributed by atoms with van der Waals surface area (Å²) in [6, 6.07) is 15.7. The molecule has 0 radical (unpaired) electrons. The Morgan fingerprint density at radius 2 is 1.65 bits per heavy atom. The summed E-state index contributed by atoms with van der Waals surface area (Å²) in [5, 5.41) is 4.67. The third-order valence-corrected chi connectivity index (χ3v) is 8.01. The fraction of sp³-hybridized carbons (Fsp3) is 0.452. The average molecular weight is 502 g/mol. The lowest BCUT2D eigenvalue weighted by molar-refractivity contribution is -0.141. The van der Waals surface area contributed by atoms with Crippen LogP contribution in [0.2, 0.25) is 0 Å². The molecule has 5 rings (SSSR count). The molecule has 6 heteroatoms. The summed E-state index contributed by atoms with van der Waals surface area (Å²) < 4.78 is 18.5. The highest BCUT2D eigenvalue weighted by atomic mass is 16.7. The van der Waals surface area contributed by atoms with Gasteiger partial charge in [0.1, 0.15) is 5.75 Å². The van der Waals surface area contributed by atoms with Crippen LogP contribution in [-0.4, -0.2) is 50.5 Å². The molecule has 0 saturated carbocycles. The molecule has 0 bridgehead atoms. The number of ether oxygens (including phenoxy) is 3. The van der Waals surface area contributed by atoms with Crippen LogP contribution >= 0.6 is 0 Å². The molecular weight excluding hydrogens is 462 g/mol. The van der Waals surface area contributed by atoms with Crippen molar-refractivity contribution in [2.75, 3.05) is 39.3 Å². The molecule has 1 saturated heterocycles. The number of hydrogen-bond acceptors (Lipinski definition) is 5. The summed E-state index contributed by atoms with van der Waals surface area (Å²) in [6.07, 6.45) is 7.36. The van der Waals surface area contributed by atoms with Gasteiger partial charge in [-0.15, -0.1) is 0 Å². The molecule has 1 aliphatic heterocycles. The Labute approximate surface area is 220 Å². The largest absolute Gasteiger partial charge is 0.497 e. The number of methoxy groups -OCH3 is 3. The Morgan fingerprint density at radius 3 is 2.27 bits per heavy atom. The second-order valence-corrected chi connectivity index (χ2v) is 10.2. The molecule has 2 heterocycles. The highest BCUT2D eigenvalue weighted by Gasteiger charge is 2.27. The lowest BCUT2D eigenvalue weighted by atomic mass is 9.87. The molecule has 2 aliphatic rings. The molecule has 1 aliphatic carbocycles. The van der Waals surface area contributed by atoms with E-state index in [4.69, 9.17) is 14.2 Å². The zero-order valence-electron chi connectivity index (χ0n) is 22.8. The Hall–Kier alpha value is -3.09. The third kappa shape index (κ3) is 5.18. The molecule has 2 aromatic carbocycles. The van der Waals surface area contributed by atoms with E-state index in [-0.39, 0.29) is 6.29 Å². The molecule has 196 valence electrons. The normalized spacial score (nSPS) is 16.8. The molecule has 0 amide bonds. The van der Waals surface area contributed by atoms with E-state index in [9.17, 15) is 0 Å². The maximum atomic E-state index is 5.56. The quantitative estimate of drug-likeness (QED) is 0.379. The molecule has 0 unspecified atom stereocenters. The Kier molecular flexibility index (Phi) is 7.68. The number of fused-ring (bicyclic) bond motifs is 1. The van der Waals surface area contributed by atoms with Crippen molar-refractivity contribution >= 4 is 16.8 Å². The first-order chi connectivity index (χ1) is 18.0. The van der Waals surface area contributed by atoms with Crippen molar-refractivity contribution in [3.8, 4) is 5.75 Å². The SMILES string of the molecule is COc1ccc2c(c1)CCCC(c1cn(C)nc1C)=C2c1ccc(N2CCC(C(OC)OC)CC2)cc1. The average Bonchev–Trinajstić information content (AvgIpc) is 3.15. The van der Waals surface area contributed by atoms with E-state index < -0.39 is 0 Å². The maximum Gasteiger partial charge on any atom is 0.159 e. The summed E-state index contributed by atoms with van der Waals surface area (Å²) in [6.45, 7) is 4.14. The van der Waals surface area contributed by atoms with E-state index in [2.05, 4.69) is 65.6 Å². The number of allylic oxidation sites excluding steroid dienone is 1. The molecule has 1 aromatic heterocycles. The lowest BCUT2D eigenvalue weighted by Crippen LogP contribution is -2.39. The summed E-state index contributed by atoms with van der Waals surface area (Å²) in [4.78, 5) is 2.48. The molecule has 6 nitrogen and oxygen atoms in total. The molecule has 0 N–H and O–H groups in total. The van der Waals surface area contributed by atoms with Crippen molar-refractivity contribution < 1.29 is 14.2 Å². The monoisotopic (exact) mass is 501 g/mol. The van der Waals surface area contributed by atoms with Gasteiger partial charge in [0.05, 0.1) is 12.8 Å². The highest BCUT2D eigenvalue weighted by Crippen LogP contribution is 2.42. The summed E-state index contributed by atoms with van der Waals surface area (Å²) in [7, 11) is 7.21. The Balaban J connectivity index is 1.50. The summed E-state index contributed by atoms with van der Waals surface area (Å²) in [5.41, 5.74) is 10.2. The minimum absolute atomic E-state index is 0.111. The van der Waals surface area contributed by atoms with Crippen molar-refractivity contribution in [1.82, 2.24) is 9.78 Å². The van der Waals surface area contributed by atoms with Gasteiger partial charge < -0.3 is 19.1 Å². The first-order valence-electron chi connectivity index (χ1n) is 13.3. The molecular formula is C31H39N3O3. The number of anilines is 1. The van der Waals surface area contributed by atoms with Crippen LogP contribution in [0.5, 0.6) is 5.75 Å². The topological polar surface area (TPSA) is 48.8 Å². The minimum atomic E-state index is -0.111. The minimum Gasteiger partial charge on any atom is -0.497 e. The van der Waals surface area contributed by atoms with Crippen LogP contribution < -0.4 is 9.64 Å². The second-order valence-electron chi connectivity index (χ2n) is 10.2. The lowest BCUT2D eigenvalue weighted by Gasteiger charge is -2.36. The van der Waals surface area contributed by atoms with E-state index >= 15 is 0 Å². The van der Waals surface area contributed by atoms with Gasteiger partial charge >= 0.3 is 0 Å². The van der Waals surface area contributed by atoms with Crippen LogP contribution in [-0.2, 0) is 22.9 Å². The summed E-state index contributed by atoms with van der Waals surface area (Å²) >= 11 is 0. The smallest absolute Gasteiger partial charge is 0.159 e. The van der Waals surface area contributed by atoms with Crippen molar-refractivity contribution in [3.05, 3.63) is 76.6 Å². The van der Waals surface area contributed by atoms with Gasteiger partial charge in [-0.25, -0.2) is 0 Å². The number of nitrogens with zero attached hydrogens (tertiary/aromatic N) is 3. The van der Waals surface area contributed by atoms with Crippen LogP contribution in [0.25, 0.3) is 11.1 Å².